The third-order valence-corrected chi connectivity index (χ3v) is 6.53. The maximum atomic E-state index is 13.0. The van der Waals surface area contributed by atoms with Crippen LogP contribution in [-0.2, 0) is 19.4 Å². The van der Waals surface area contributed by atoms with Crippen molar-refractivity contribution in [2.45, 2.75) is 33.2 Å². The second-order valence-electron chi connectivity index (χ2n) is 6.10. The summed E-state index contributed by atoms with van der Waals surface area (Å²) in [6.07, 6.45) is 1.74. The first-order chi connectivity index (χ1) is 11.6. The van der Waals surface area contributed by atoms with Crippen molar-refractivity contribution in [3.8, 4) is 0 Å². The van der Waals surface area contributed by atoms with Crippen molar-refractivity contribution in [2.75, 3.05) is 6.54 Å². The molecule has 0 atom stereocenters. The summed E-state index contributed by atoms with van der Waals surface area (Å²) in [6, 6.07) is 6.21. The van der Waals surface area contributed by atoms with Gasteiger partial charge in [-0.2, -0.15) is 0 Å². The number of carbonyl (C=O) groups excluding carboxylic acids is 1. The Morgan fingerprint density at radius 1 is 1.46 bits per heavy atom. The smallest absolute Gasteiger partial charge is 0.266 e. The van der Waals surface area contributed by atoms with Crippen LogP contribution in [0.2, 0.25) is 0 Å². The zero-order valence-corrected chi connectivity index (χ0v) is 16.1. The maximum Gasteiger partial charge on any atom is 0.266 e. The van der Waals surface area contributed by atoms with Gasteiger partial charge in [0.05, 0.1) is 16.2 Å². The molecule has 3 aromatic rings. The Labute approximate surface area is 153 Å². The Balaban J connectivity index is 1.68. The molecule has 1 N–H and O–H groups in total. The number of nitrogens with zero attached hydrogens (tertiary/aromatic N) is 2. The number of hydrogen-bond donors (Lipinski definition) is 1. The van der Waals surface area contributed by atoms with Crippen molar-refractivity contribution >= 4 is 44.1 Å². The van der Waals surface area contributed by atoms with E-state index in [9.17, 15) is 4.79 Å². The van der Waals surface area contributed by atoms with Crippen LogP contribution in [0.1, 0.15) is 38.6 Å². The highest BCUT2D eigenvalue weighted by Gasteiger charge is 2.27. The summed E-state index contributed by atoms with van der Waals surface area (Å²) in [5.41, 5.74) is 4.47. The minimum Gasteiger partial charge on any atom is -0.357 e. The van der Waals surface area contributed by atoms with Gasteiger partial charge >= 0.3 is 0 Å². The molecule has 0 unspecified atom stereocenters. The van der Waals surface area contributed by atoms with E-state index in [1.165, 1.54) is 28.0 Å². The number of H-pyrrole nitrogens is 1. The van der Waals surface area contributed by atoms with E-state index in [4.69, 9.17) is 0 Å². The Bertz CT molecular complexity index is 943. The van der Waals surface area contributed by atoms with Gasteiger partial charge in [0.25, 0.3) is 5.91 Å². The van der Waals surface area contributed by atoms with E-state index < -0.39 is 0 Å². The summed E-state index contributed by atoms with van der Waals surface area (Å²) < 4.78 is 1.07. The van der Waals surface area contributed by atoms with Crippen LogP contribution in [-0.4, -0.2) is 27.3 Å². The predicted molar refractivity (Wildman–Crippen MR) is 101 cm³/mol. The fraction of sp³-hybridized carbons (Fsp3) is 0.333. The van der Waals surface area contributed by atoms with Crippen LogP contribution in [0, 0.1) is 6.92 Å². The number of benzene rings is 1. The highest BCUT2D eigenvalue weighted by Crippen LogP contribution is 2.32. The second kappa shape index (κ2) is 6.01. The Kier molecular flexibility index (Phi) is 3.96. The van der Waals surface area contributed by atoms with Crippen LogP contribution in [0.25, 0.3) is 10.9 Å². The summed E-state index contributed by atoms with van der Waals surface area (Å²) >= 11 is 5.14. The molecule has 1 aromatic carbocycles. The van der Waals surface area contributed by atoms with Crippen LogP contribution in [0.5, 0.6) is 0 Å². The summed E-state index contributed by atoms with van der Waals surface area (Å²) in [5, 5.41) is 2.23. The normalized spacial score (nSPS) is 14.2. The minimum atomic E-state index is 0.111. The van der Waals surface area contributed by atoms with Crippen molar-refractivity contribution in [3.05, 3.63) is 49.5 Å². The Morgan fingerprint density at radius 3 is 3.04 bits per heavy atom. The fourth-order valence-corrected chi connectivity index (χ4v) is 4.76. The topological polar surface area (TPSA) is 49.0 Å². The third-order valence-electron chi connectivity index (χ3n) is 4.58. The zero-order valence-electron chi connectivity index (χ0n) is 13.6. The molecule has 0 aliphatic carbocycles. The quantitative estimate of drug-likeness (QED) is 0.686. The van der Waals surface area contributed by atoms with Gasteiger partial charge in [-0.15, -0.1) is 11.3 Å². The first kappa shape index (κ1) is 15.8. The molecule has 0 spiro atoms. The highest BCUT2D eigenvalue weighted by molar-refractivity contribution is 9.10. The van der Waals surface area contributed by atoms with Crippen LogP contribution in [0.3, 0.4) is 0 Å². The molecule has 3 heterocycles. The van der Waals surface area contributed by atoms with Gasteiger partial charge in [0.2, 0.25) is 0 Å². The molecule has 1 amide bonds. The molecular weight excluding hydrogens is 386 g/mol. The lowest BCUT2D eigenvalue weighted by atomic mass is 10.0. The molecule has 2 aromatic heterocycles. The number of nitrogens with one attached hydrogen (secondary N) is 1. The first-order valence-electron chi connectivity index (χ1n) is 8.12. The van der Waals surface area contributed by atoms with Crippen molar-refractivity contribution in [1.29, 1.82) is 0 Å². The lowest BCUT2D eigenvalue weighted by Gasteiger charge is -2.27. The number of halogens is 1. The largest absolute Gasteiger partial charge is 0.357 e. The van der Waals surface area contributed by atoms with Gasteiger partial charge in [0.1, 0.15) is 4.88 Å². The molecule has 4 rings (SSSR count). The SMILES string of the molecule is CCc1nc(C)c(C(=O)N2CCc3[nH]c4c(Br)cccc4c3C2)s1. The van der Waals surface area contributed by atoms with Crippen LogP contribution < -0.4 is 0 Å². The number of carbonyl (C=O) groups is 1. The molecular formula is C18H18BrN3OS. The molecule has 0 saturated carbocycles. The van der Waals surface area contributed by atoms with Gasteiger partial charge in [-0.05, 0) is 35.3 Å². The molecule has 6 heteroatoms. The van der Waals surface area contributed by atoms with Gasteiger partial charge in [-0.25, -0.2) is 4.98 Å². The van der Waals surface area contributed by atoms with Crippen LogP contribution >= 0.6 is 27.3 Å². The fourth-order valence-electron chi connectivity index (χ4n) is 3.32. The van der Waals surface area contributed by atoms with E-state index in [0.29, 0.717) is 6.54 Å². The molecule has 0 saturated heterocycles. The van der Waals surface area contributed by atoms with Crippen LogP contribution in [0.15, 0.2) is 22.7 Å². The summed E-state index contributed by atoms with van der Waals surface area (Å²) in [7, 11) is 0. The first-order valence-corrected chi connectivity index (χ1v) is 9.73. The maximum absolute atomic E-state index is 13.0. The Hall–Kier alpha value is -1.66. The average molecular weight is 404 g/mol. The number of fused-ring (bicyclic) bond motifs is 3. The molecule has 4 nitrogen and oxygen atoms in total. The molecule has 124 valence electrons. The van der Waals surface area contributed by atoms with Crippen LogP contribution in [0.4, 0.5) is 0 Å². The number of thiazole rings is 1. The minimum absolute atomic E-state index is 0.111. The van der Waals surface area contributed by atoms with Crippen molar-refractivity contribution in [2.24, 2.45) is 0 Å². The lowest BCUT2D eigenvalue weighted by Crippen LogP contribution is -2.35. The Morgan fingerprint density at radius 2 is 2.29 bits per heavy atom. The highest BCUT2D eigenvalue weighted by atomic mass is 79.9. The van der Waals surface area contributed by atoms with Crippen molar-refractivity contribution < 1.29 is 4.79 Å². The van der Waals surface area contributed by atoms with E-state index >= 15 is 0 Å². The van der Waals surface area contributed by atoms with Gasteiger partial charge in [-0.1, -0.05) is 19.1 Å². The number of aryl methyl sites for hydroxylation is 2. The molecule has 24 heavy (non-hydrogen) atoms. The molecule has 0 radical (unpaired) electrons. The third kappa shape index (κ3) is 2.48. The number of aromatic nitrogens is 2. The molecule has 1 aliphatic rings. The number of rotatable bonds is 2. The van der Waals surface area contributed by atoms with E-state index in [1.54, 1.807) is 0 Å². The van der Waals surface area contributed by atoms with Gasteiger partial charge < -0.3 is 9.88 Å². The predicted octanol–water partition coefficient (Wildman–Crippen LogP) is 4.46. The number of aromatic amines is 1. The van der Waals surface area contributed by atoms with Crippen molar-refractivity contribution in [3.63, 3.8) is 0 Å². The second-order valence-corrected chi connectivity index (χ2v) is 8.03. The van der Waals surface area contributed by atoms with E-state index in [-0.39, 0.29) is 5.91 Å². The molecule has 0 bridgehead atoms. The zero-order chi connectivity index (χ0) is 16.8. The number of para-hydroxylation sites is 1. The van der Waals surface area contributed by atoms with Gasteiger partial charge in [0.15, 0.2) is 0 Å². The van der Waals surface area contributed by atoms with E-state index in [1.807, 2.05) is 24.0 Å². The summed E-state index contributed by atoms with van der Waals surface area (Å²) in [4.78, 5) is 23.7. The monoisotopic (exact) mass is 403 g/mol. The average Bonchev–Trinajstić information content (AvgIpc) is 3.15. The van der Waals surface area contributed by atoms with Crippen molar-refractivity contribution in [1.82, 2.24) is 14.9 Å². The van der Waals surface area contributed by atoms with E-state index in [2.05, 4.69) is 38.9 Å². The summed E-state index contributed by atoms with van der Waals surface area (Å²) in [6.45, 7) is 5.41. The van der Waals surface area contributed by atoms with E-state index in [0.717, 1.165) is 45.0 Å². The summed E-state index contributed by atoms with van der Waals surface area (Å²) in [5.74, 6) is 0.111. The molecule has 1 aliphatic heterocycles. The van der Waals surface area contributed by atoms with Gasteiger partial charge in [-0.3, -0.25) is 4.79 Å². The standard InChI is InChI=1S/C18H18BrN3OS/c1-3-15-20-10(2)17(24-15)18(23)22-8-7-14-12(9-22)11-5-4-6-13(19)16(11)21-14/h4-6,21H,3,7-9H2,1-2H3. The lowest BCUT2D eigenvalue weighted by molar-refractivity contribution is 0.0739. The number of hydrogen-bond acceptors (Lipinski definition) is 3. The van der Waals surface area contributed by atoms with Gasteiger partial charge in [0, 0.05) is 40.6 Å². The molecule has 0 fully saturated rings. The number of amides is 1.